The standard InChI is InChI=1S/C12H16N6O3/c1-2-3-7(12(20)21)17-8(19)4-18-6-16-9-10(13)14-5-15-11(9)18/h5-7H,2-4H2,1H3,(H,17,19)(H,20,21)(H2,13,14,15). The van der Waals surface area contributed by atoms with E-state index in [-0.39, 0.29) is 12.4 Å². The van der Waals surface area contributed by atoms with E-state index >= 15 is 0 Å². The summed E-state index contributed by atoms with van der Waals surface area (Å²) in [7, 11) is 0. The lowest BCUT2D eigenvalue weighted by molar-refractivity contribution is -0.142. The monoisotopic (exact) mass is 292 g/mol. The third kappa shape index (κ3) is 3.25. The van der Waals surface area contributed by atoms with Gasteiger partial charge in [0.2, 0.25) is 5.91 Å². The number of nitrogens with one attached hydrogen (secondary N) is 1. The number of imidazole rings is 1. The molecule has 9 nitrogen and oxygen atoms in total. The van der Waals surface area contributed by atoms with Crippen molar-refractivity contribution in [1.82, 2.24) is 24.8 Å². The molecule has 0 bridgehead atoms. The average molecular weight is 292 g/mol. The number of amides is 1. The fraction of sp³-hybridized carbons (Fsp3) is 0.417. The molecule has 1 unspecified atom stereocenters. The van der Waals surface area contributed by atoms with Crippen LogP contribution in [-0.4, -0.2) is 42.5 Å². The Hall–Kier alpha value is -2.71. The van der Waals surface area contributed by atoms with Crippen LogP contribution in [0.3, 0.4) is 0 Å². The maximum atomic E-state index is 11.9. The summed E-state index contributed by atoms with van der Waals surface area (Å²) in [6, 6.07) is -0.892. The highest BCUT2D eigenvalue weighted by atomic mass is 16.4. The maximum Gasteiger partial charge on any atom is 0.326 e. The van der Waals surface area contributed by atoms with Crippen LogP contribution in [0, 0.1) is 0 Å². The quantitative estimate of drug-likeness (QED) is 0.669. The van der Waals surface area contributed by atoms with Gasteiger partial charge >= 0.3 is 5.97 Å². The van der Waals surface area contributed by atoms with Gasteiger partial charge in [-0.05, 0) is 6.42 Å². The zero-order valence-electron chi connectivity index (χ0n) is 11.5. The molecule has 0 saturated carbocycles. The number of fused-ring (bicyclic) bond motifs is 1. The summed E-state index contributed by atoms with van der Waals surface area (Å²) in [5.41, 5.74) is 6.50. The molecule has 4 N–H and O–H groups in total. The van der Waals surface area contributed by atoms with E-state index < -0.39 is 17.9 Å². The van der Waals surface area contributed by atoms with Crippen LogP contribution in [-0.2, 0) is 16.1 Å². The minimum Gasteiger partial charge on any atom is -0.480 e. The minimum absolute atomic E-state index is 0.0829. The minimum atomic E-state index is -1.05. The highest BCUT2D eigenvalue weighted by molar-refractivity contribution is 5.85. The van der Waals surface area contributed by atoms with Crippen molar-refractivity contribution in [2.75, 3.05) is 5.73 Å². The van der Waals surface area contributed by atoms with Gasteiger partial charge in [0.1, 0.15) is 24.4 Å². The van der Waals surface area contributed by atoms with Crippen LogP contribution in [0.5, 0.6) is 0 Å². The number of hydrogen-bond donors (Lipinski definition) is 3. The first-order valence-corrected chi connectivity index (χ1v) is 6.46. The van der Waals surface area contributed by atoms with Crippen LogP contribution in [0.15, 0.2) is 12.7 Å². The predicted octanol–water partition coefficient (Wildman–Crippen LogP) is -0.222. The Balaban J connectivity index is 2.11. The number of rotatable bonds is 6. The summed E-state index contributed by atoms with van der Waals surface area (Å²) in [6.07, 6.45) is 3.74. The van der Waals surface area contributed by atoms with Crippen molar-refractivity contribution in [3.8, 4) is 0 Å². The molecule has 0 aliphatic rings. The van der Waals surface area contributed by atoms with Crippen molar-refractivity contribution in [3.63, 3.8) is 0 Å². The number of carboxylic acids is 1. The van der Waals surface area contributed by atoms with Gasteiger partial charge in [-0.25, -0.2) is 19.7 Å². The third-order valence-electron chi connectivity index (χ3n) is 2.95. The van der Waals surface area contributed by atoms with Crippen LogP contribution >= 0.6 is 0 Å². The van der Waals surface area contributed by atoms with E-state index in [0.717, 1.165) is 0 Å². The number of nitrogens with two attached hydrogens (primary N) is 1. The van der Waals surface area contributed by atoms with E-state index in [2.05, 4.69) is 20.3 Å². The van der Waals surface area contributed by atoms with E-state index in [4.69, 9.17) is 10.8 Å². The third-order valence-corrected chi connectivity index (χ3v) is 2.95. The van der Waals surface area contributed by atoms with Crippen molar-refractivity contribution in [2.45, 2.75) is 32.4 Å². The first kappa shape index (κ1) is 14.7. The second kappa shape index (κ2) is 6.16. The first-order valence-electron chi connectivity index (χ1n) is 6.46. The molecule has 2 heterocycles. The number of carbonyl (C=O) groups excluding carboxylic acids is 1. The zero-order valence-corrected chi connectivity index (χ0v) is 11.5. The SMILES string of the molecule is CCCC(NC(=O)Cn1cnc2c(N)ncnc21)C(=O)O. The summed E-state index contributed by atoms with van der Waals surface area (Å²) >= 11 is 0. The van der Waals surface area contributed by atoms with Gasteiger partial charge < -0.3 is 20.7 Å². The van der Waals surface area contributed by atoms with Crippen LogP contribution in [0.2, 0.25) is 0 Å². The predicted molar refractivity (Wildman–Crippen MR) is 74.2 cm³/mol. The van der Waals surface area contributed by atoms with Crippen molar-refractivity contribution < 1.29 is 14.7 Å². The zero-order chi connectivity index (χ0) is 15.4. The molecular weight excluding hydrogens is 276 g/mol. The molecule has 0 aromatic carbocycles. The van der Waals surface area contributed by atoms with Gasteiger partial charge in [0.05, 0.1) is 6.33 Å². The van der Waals surface area contributed by atoms with Crippen molar-refractivity contribution in [1.29, 1.82) is 0 Å². The van der Waals surface area contributed by atoms with E-state index in [0.29, 0.717) is 24.0 Å². The summed E-state index contributed by atoms with van der Waals surface area (Å²) in [6.45, 7) is 1.77. The van der Waals surface area contributed by atoms with Gasteiger partial charge in [-0.3, -0.25) is 4.79 Å². The first-order chi connectivity index (χ1) is 10.0. The molecule has 0 aliphatic heterocycles. The molecule has 0 aliphatic carbocycles. The van der Waals surface area contributed by atoms with Gasteiger partial charge in [0.25, 0.3) is 0 Å². The molecule has 0 spiro atoms. The molecule has 2 aromatic rings. The molecule has 0 saturated heterocycles. The second-order valence-electron chi connectivity index (χ2n) is 4.55. The number of anilines is 1. The molecule has 9 heteroatoms. The molecule has 1 amide bonds. The van der Waals surface area contributed by atoms with Crippen molar-refractivity contribution in [3.05, 3.63) is 12.7 Å². The molecule has 112 valence electrons. The van der Waals surface area contributed by atoms with Gasteiger partial charge in [0, 0.05) is 0 Å². The van der Waals surface area contributed by atoms with E-state index in [1.807, 2.05) is 6.92 Å². The molecule has 0 fully saturated rings. The lowest BCUT2D eigenvalue weighted by Crippen LogP contribution is -2.42. The number of carbonyl (C=O) groups is 2. The number of carboxylic acid groups (broad SMARTS) is 1. The largest absolute Gasteiger partial charge is 0.480 e. The summed E-state index contributed by atoms with van der Waals surface area (Å²) in [5.74, 6) is -1.24. The Bertz CT molecular complexity index is 668. The van der Waals surface area contributed by atoms with Gasteiger partial charge in [-0.2, -0.15) is 0 Å². The number of aromatic nitrogens is 4. The van der Waals surface area contributed by atoms with Gasteiger partial charge in [-0.15, -0.1) is 0 Å². The number of nitrogen functional groups attached to an aromatic ring is 1. The van der Waals surface area contributed by atoms with Crippen LogP contribution in [0.4, 0.5) is 5.82 Å². The van der Waals surface area contributed by atoms with Crippen LogP contribution in [0.1, 0.15) is 19.8 Å². The second-order valence-corrected chi connectivity index (χ2v) is 4.55. The number of hydrogen-bond acceptors (Lipinski definition) is 6. The fourth-order valence-electron chi connectivity index (χ4n) is 1.96. The summed E-state index contributed by atoms with van der Waals surface area (Å²) in [4.78, 5) is 34.8. The molecular formula is C12H16N6O3. The molecule has 2 aromatic heterocycles. The molecule has 2 rings (SSSR count). The molecule has 0 radical (unpaired) electrons. The van der Waals surface area contributed by atoms with Crippen LogP contribution < -0.4 is 11.1 Å². The highest BCUT2D eigenvalue weighted by Crippen LogP contribution is 2.13. The normalized spacial score (nSPS) is 12.2. The van der Waals surface area contributed by atoms with Crippen molar-refractivity contribution in [2.24, 2.45) is 0 Å². The van der Waals surface area contributed by atoms with Crippen LogP contribution in [0.25, 0.3) is 11.2 Å². The highest BCUT2D eigenvalue weighted by Gasteiger charge is 2.19. The Kier molecular flexibility index (Phi) is 4.31. The van der Waals surface area contributed by atoms with E-state index in [1.165, 1.54) is 17.2 Å². The number of nitrogens with zero attached hydrogens (tertiary/aromatic N) is 4. The summed E-state index contributed by atoms with van der Waals surface area (Å²) in [5, 5.41) is 11.5. The number of aliphatic carboxylic acids is 1. The smallest absolute Gasteiger partial charge is 0.326 e. The molecule has 1 atom stereocenters. The summed E-state index contributed by atoms with van der Waals surface area (Å²) < 4.78 is 1.49. The Labute approximate surface area is 120 Å². The Morgan fingerprint density at radius 1 is 1.43 bits per heavy atom. The fourth-order valence-corrected chi connectivity index (χ4v) is 1.96. The Morgan fingerprint density at radius 3 is 2.86 bits per heavy atom. The van der Waals surface area contributed by atoms with Gasteiger partial charge in [-0.1, -0.05) is 13.3 Å². The lowest BCUT2D eigenvalue weighted by Gasteiger charge is -2.13. The maximum absolute atomic E-state index is 11.9. The Morgan fingerprint density at radius 2 is 2.19 bits per heavy atom. The van der Waals surface area contributed by atoms with E-state index in [9.17, 15) is 9.59 Å². The van der Waals surface area contributed by atoms with E-state index in [1.54, 1.807) is 0 Å². The topological polar surface area (TPSA) is 136 Å². The average Bonchev–Trinajstić information content (AvgIpc) is 2.83. The van der Waals surface area contributed by atoms with Crippen molar-refractivity contribution >= 4 is 28.9 Å². The molecule has 21 heavy (non-hydrogen) atoms. The van der Waals surface area contributed by atoms with Gasteiger partial charge in [0.15, 0.2) is 11.5 Å². The lowest BCUT2D eigenvalue weighted by atomic mass is 10.1.